The van der Waals surface area contributed by atoms with Crippen LogP contribution >= 0.6 is 0 Å². The van der Waals surface area contributed by atoms with E-state index in [1.807, 2.05) is 12.1 Å². The van der Waals surface area contributed by atoms with E-state index in [1.54, 1.807) is 6.07 Å². The van der Waals surface area contributed by atoms with Gasteiger partial charge in [0.1, 0.15) is 5.69 Å². The number of nitro benzene ring substituents is 1. The van der Waals surface area contributed by atoms with Gasteiger partial charge in [0.2, 0.25) is 0 Å². The molecule has 0 aliphatic carbocycles. The van der Waals surface area contributed by atoms with Gasteiger partial charge in [-0.3, -0.25) is 15.0 Å². The van der Waals surface area contributed by atoms with Gasteiger partial charge in [0.15, 0.2) is 25.0 Å². The first kappa shape index (κ1) is 48.0. The molecule has 2 heterocycles. The number of nitro groups is 1. The normalized spacial score (nSPS) is 23.0. The Morgan fingerprint density at radius 3 is 1.84 bits per heavy atom. The van der Waals surface area contributed by atoms with Gasteiger partial charge < -0.3 is 28.4 Å². The topological polar surface area (TPSA) is 92.6 Å². The van der Waals surface area contributed by atoms with Crippen LogP contribution < -0.4 is 10.2 Å². The second kappa shape index (κ2) is 18.7. The highest BCUT2D eigenvalue weighted by molar-refractivity contribution is 6.75. The number of nitrogens with one attached hydrogen (secondary N) is 1. The van der Waals surface area contributed by atoms with E-state index in [-0.39, 0.29) is 44.0 Å². The number of anilines is 2. The number of unbranched alkanes of at least 4 members (excludes halogenated alkanes) is 3. The van der Waals surface area contributed by atoms with E-state index in [9.17, 15) is 10.1 Å². The van der Waals surface area contributed by atoms with Gasteiger partial charge in [-0.25, -0.2) is 0 Å². The van der Waals surface area contributed by atoms with Crippen LogP contribution in [-0.4, -0.2) is 117 Å². The third-order valence-electron chi connectivity index (χ3n) is 13.9. The molecule has 3 rings (SSSR count). The number of nitrogens with zero attached hydrogens (tertiary/aromatic N) is 4. The summed E-state index contributed by atoms with van der Waals surface area (Å²) in [6.07, 6.45) is 4.17. The van der Waals surface area contributed by atoms with Gasteiger partial charge in [0.05, 0.1) is 29.8 Å². The van der Waals surface area contributed by atoms with Crippen molar-refractivity contribution in [2.75, 3.05) is 69.7 Å². The molecule has 0 radical (unpaired) electrons. The molecule has 0 unspecified atom stereocenters. The van der Waals surface area contributed by atoms with Gasteiger partial charge in [-0.2, -0.15) is 0 Å². The minimum Gasteiger partial charge on any atom is -0.415 e. The summed E-state index contributed by atoms with van der Waals surface area (Å²) in [7, 11) is -4.15. The van der Waals surface area contributed by atoms with Gasteiger partial charge >= 0.3 is 0 Å². The van der Waals surface area contributed by atoms with Crippen molar-refractivity contribution in [2.45, 2.75) is 168 Å². The number of piperidine rings is 1. The number of hydrogen-bond donors (Lipinski definition) is 1. The molecule has 1 aromatic carbocycles. The highest BCUT2D eigenvalue weighted by atomic mass is 28.4. The lowest BCUT2D eigenvalue weighted by Gasteiger charge is -2.54. The molecule has 10 nitrogen and oxygen atoms in total. The second-order valence-electron chi connectivity index (χ2n) is 21.4. The van der Waals surface area contributed by atoms with E-state index in [0.29, 0.717) is 24.8 Å². The summed E-state index contributed by atoms with van der Waals surface area (Å²) in [5.74, 6) is 0.328. The minimum absolute atomic E-state index is 0.0177. The molecule has 0 aromatic heterocycles. The lowest BCUT2D eigenvalue weighted by Crippen LogP contribution is -2.66. The summed E-state index contributed by atoms with van der Waals surface area (Å²) >= 11 is 0. The fourth-order valence-electron chi connectivity index (χ4n) is 6.79. The Bertz CT molecular complexity index is 1380. The average molecular weight is 822 g/mol. The zero-order valence-electron chi connectivity index (χ0n) is 38.4. The summed E-state index contributed by atoms with van der Waals surface area (Å²) in [6, 6.07) is 5.64. The molecule has 0 bridgehead atoms. The number of likely N-dealkylation sites (tertiary alicyclic amines) is 1. The Hall–Kier alpha value is -1.33. The molecule has 13 heteroatoms. The number of benzene rings is 1. The van der Waals surface area contributed by atoms with E-state index in [1.165, 1.54) is 0 Å². The Balaban J connectivity index is 1.76. The van der Waals surface area contributed by atoms with Crippen LogP contribution in [0.15, 0.2) is 18.2 Å². The Kier molecular flexibility index (Phi) is 16.4. The molecule has 55 heavy (non-hydrogen) atoms. The molecule has 0 amide bonds. The Morgan fingerprint density at radius 2 is 1.31 bits per heavy atom. The quantitative estimate of drug-likeness (QED) is 0.0714. The largest absolute Gasteiger partial charge is 0.415 e. The van der Waals surface area contributed by atoms with Crippen molar-refractivity contribution < 1.29 is 18.2 Å². The lowest BCUT2D eigenvalue weighted by atomic mass is 9.88. The monoisotopic (exact) mass is 822 g/mol. The zero-order valence-corrected chi connectivity index (χ0v) is 41.4. The van der Waals surface area contributed by atoms with Crippen LogP contribution in [0.25, 0.3) is 0 Å². The molecule has 4 atom stereocenters. The molecule has 318 valence electrons. The molecule has 0 saturated carbocycles. The first-order chi connectivity index (χ1) is 25.1. The van der Waals surface area contributed by atoms with Crippen molar-refractivity contribution in [2.24, 2.45) is 5.92 Å². The van der Waals surface area contributed by atoms with Crippen LogP contribution in [0.1, 0.15) is 94.9 Å². The lowest BCUT2D eigenvalue weighted by molar-refractivity contribution is -0.383. The van der Waals surface area contributed by atoms with Crippen LogP contribution in [0.4, 0.5) is 17.1 Å². The van der Waals surface area contributed by atoms with E-state index in [0.717, 1.165) is 70.6 Å². The maximum atomic E-state index is 11.9. The number of rotatable bonds is 17. The van der Waals surface area contributed by atoms with E-state index in [2.05, 4.69) is 136 Å². The van der Waals surface area contributed by atoms with Gasteiger partial charge in [0, 0.05) is 51.0 Å². The first-order valence-electron chi connectivity index (χ1n) is 21.3. The summed E-state index contributed by atoms with van der Waals surface area (Å²) < 4.78 is 22.0. The SMILES string of the molecule is C[C@H]1CN(CCCCCCNc2cc(N3CCN(C)CC3)ccc2[N+](=O)[O-])[C@H](CO[Si](C)(C)C(C)(C)C)[C@@H](O[Si](C)(C)C(C)(C)C)[C@@H]1O[Si](C)(C)C(C)(C)C. The van der Waals surface area contributed by atoms with Crippen molar-refractivity contribution in [3.05, 3.63) is 28.3 Å². The molecular weight excluding hydrogens is 739 g/mol. The summed E-state index contributed by atoms with van der Waals surface area (Å²) in [4.78, 5) is 18.9. The molecule has 0 spiro atoms. The number of hydrogen-bond acceptors (Lipinski definition) is 9. The van der Waals surface area contributed by atoms with Crippen molar-refractivity contribution in [3.8, 4) is 0 Å². The number of piperazine rings is 1. The maximum absolute atomic E-state index is 11.9. The highest BCUT2D eigenvalue weighted by Gasteiger charge is 2.52. The van der Waals surface area contributed by atoms with Gasteiger partial charge in [-0.05, 0) is 98.9 Å². The van der Waals surface area contributed by atoms with E-state index < -0.39 is 25.0 Å². The van der Waals surface area contributed by atoms with Crippen LogP contribution in [0.3, 0.4) is 0 Å². The molecule has 2 fully saturated rings. The van der Waals surface area contributed by atoms with Crippen molar-refractivity contribution in [3.63, 3.8) is 0 Å². The molecule has 2 aliphatic rings. The zero-order chi connectivity index (χ0) is 41.8. The van der Waals surface area contributed by atoms with E-state index in [4.69, 9.17) is 13.3 Å². The van der Waals surface area contributed by atoms with Crippen LogP contribution in [-0.2, 0) is 13.3 Å². The van der Waals surface area contributed by atoms with E-state index >= 15 is 0 Å². The minimum atomic E-state index is -2.17. The third kappa shape index (κ3) is 12.8. The van der Waals surface area contributed by atoms with Crippen LogP contribution in [0.5, 0.6) is 0 Å². The predicted octanol–water partition coefficient (Wildman–Crippen LogP) is 10.4. The standard InChI is InChI=1S/C42H83N5O5Si3/c1-33-31-46(25-21-19-18-20-24-43-35-30-34(22-23-36(35)47(48)49)45-28-26-44(11)27-29-45)37(32-50-53(12,13)40(2,3)4)39(52-55(16,17)42(8,9)10)38(33)51-54(14,15)41(5,6)7/h22-23,30,33,37-39,43H,18-21,24-29,31-32H2,1-17H3/t33-,37+,38+,39+/m0/s1. The van der Waals surface area contributed by atoms with Gasteiger partial charge in [0.25, 0.3) is 5.69 Å². The fourth-order valence-corrected chi connectivity index (χ4v) is 10.5. The second-order valence-corrected chi connectivity index (χ2v) is 35.7. The predicted molar refractivity (Wildman–Crippen MR) is 242 cm³/mol. The summed E-state index contributed by atoms with van der Waals surface area (Å²) in [5.41, 5.74) is 1.82. The molecular formula is C42H83N5O5Si3. The van der Waals surface area contributed by atoms with Crippen LogP contribution in [0, 0.1) is 16.0 Å². The van der Waals surface area contributed by atoms with Gasteiger partial charge in [-0.1, -0.05) is 82.1 Å². The first-order valence-corrected chi connectivity index (χ1v) is 30.0. The number of likely N-dealkylation sites (N-methyl/N-ethyl adjacent to an activating group) is 1. The van der Waals surface area contributed by atoms with Gasteiger partial charge in [-0.15, -0.1) is 0 Å². The summed E-state index contributed by atoms with van der Waals surface area (Å²) in [6.45, 7) is 44.8. The molecule has 2 aliphatic heterocycles. The third-order valence-corrected chi connectivity index (χ3v) is 27.3. The Labute approximate surface area is 340 Å². The Morgan fingerprint density at radius 1 is 0.782 bits per heavy atom. The highest BCUT2D eigenvalue weighted by Crippen LogP contribution is 2.44. The van der Waals surface area contributed by atoms with Crippen LogP contribution in [0.2, 0.25) is 54.4 Å². The smallest absolute Gasteiger partial charge is 0.292 e. The molecule has 1 N–H and O–H groups in total. The average Bonchev–Trinajstić information content (AvgIpc) is 3.04. The van der Waals surface area contributed by atoms with Crippen molar-refractivity contribution >= 4 is 42.0 Å². The molecule has 2 saturated heterocycles. The summed E-state index contributed by atoms with van der Waals surface area (Å²) in [5, 5.41) is 15.6. The molecule has 1 aromatic rings. The maximum Gasteiger partial charge on any atom is 0.292 e. The van der Waals surface area contributed by atoms with Crippen molar-refractivity contribution in [1.82, 2.24) is 9.80 Å². The van der Waals surface area contributed by atoms with Crippen molar-refractivity contribution in [1.29, 1.82) is 0 Å². The fraction of sp³-hybridized carbons (Fsp3) is 0.857.